The average Bonchev–Trinajstić information content (AvgIpc) is 2.83. The van der Waals surface area contributed by atoms with Crippen LogP contribution in [0, 0.1) is 15.9 Å². The molecule has 0 saturated carbocycles. The van der Waals surface area contributed by atoms with Gasteiger partial charge in [-0.15, -0.1) is 0 Å². The zero-order chi connectivity index (χ0) is 14.9. The van der Waals surface area contributed by atoms with Crippen LogP contribution in [-0.4, -0.2) is 53.1 Å². The van der Waals surface area contributed by atoms with Crippen molar-refractivity contribution in [2.24, 2.45) is 0 Å². The highest BCUT2D eigenvalue weighted by Gasteiger charge is 2.32. The Balaban J connectivity index is 2.22. The highest BCUT2D eigenvalue weighted by atomic mass is 19.1. The number of rotatable bonds is 3. The van der Waals surface area contributed by atoms with Gasteiger partial charge in [-0.05, 0) is 6.07 Å². The summed E-state index contributed by atoms with van der Waals surface area (Å²) in [5, 5.41) is 23.1. The van der Waals surface area contributed by atoms with Gasteiger partial charge < -0.3 is 15.3 Å². The molecule has 1 aliphatic heterocycles. The highest BCUT2D eigenvalue weighted by molar-refractivity contribution is 5.94. The van der Waals surface area contributed by atoms with Crippen molar-refractivity contribution < 1.29 is 19.2 Å². The molecule has 1 heterocycles. The van der Waals surface area contributed by atoms with Crippen molar-refractivity contribution in [3.05, 3.63) is 39.7 Å². The number of likely N-dealkylation sites (N-methyl/N-ethyl adjacent to an activating group) is 1. The van der Waals surface area contributed by atoms with Crippen LogP contribution in [0.25, 0.3) is 0 Å². The lowest BCUT2D eigenvalue weighted by molar-refractivity contribution is -0.385. The van der Waals surface area contributed by atoms with Gasteiger partial charge in [0, 0.05) is 26.2 Å². The van der Waals surface area contributed by atoms with Crippen molar-refractivity contribution in [2.45, 2.75) is 12.1 Å². The number of amides is 1. The predicted molar refractivity (Wildman–Crippen MR) is 67.8 cm³/mol. The minimum atomic E-state index is -0.948. The number of aliphatic hydroxyl groups excluding tert-OH is 1. The number of carbonyl (C=O) groups is 1. The maximum absolute atomic E-state index is 13.8. The van der Waals surface area contributed by atoms with Crippen LogP contribution in [-0.2, 0) is 0 Å². The van der Waals surface area contributed by atoms with Crippen molar-refractivity contribution in [3.8, 4) is 0 Å². The fourth-order valence-corrected chi connectivity index (χ4v) is 2.18. The maximum atomic E-state index is 13.8. The second-order valence-electron chi connectivity index (χ2n) is 4.63. The molecule has 0 radical (unpaired) electrons. The number of aliphatic hydroxyl groups is 1. The molecule has 2 N–H and O–H groups in total. The molecule has 8 heteroatoms. The molecule has 1 amide bonds. The predicted octanol–water partition coefficient (Wildman–Crippen LogP) is 0.139. The van der Waals surface area contributed by atoms with Gasteiger partial charge in [0.15, 0.2) is 0 Å². The number of hydrogen-bond donors (Lipinski definition) is 2. The quantitative estimate of drug-likeness (QED) is 0.607. The molecule has 0 spiro atoms. The van der Waals surface area contributed by atoms with Crippen molar-refractivity contribution in [3.63, 3.8) is 0 Å². The Hall–Kier alpha value is -2.06. The Morgan fingerprint density at radius 2 is 2.25 bits per heavy atom. The third-order valence-corrected chi connectivity index (χ3v) is 3.36. The van der Waals surface area contributed by atoms with Crippen LogP contribution < -0.4 is 5.32 Å². The van der Waals surface area contributed by atoms with E-state index in [1.807, 2.05) is 0 Å². The Kier molecular flexibility index (Phi) is 3.96. The summed E-state index contributed by atoms with van der Waals surface area (Å²) in [7, 11) is 1.46. The SMILES string of the molecule is CN(C(=O)c1ccc([N+](=O)[O-])cc1F)[C@@H]1CNC[C@H]1O. The van der Waals surface area contributed by atoms with E-state index in [9.17, 15) is 24.4 Å². The molecule has 2 rings (SSSR count). The summed E-state index contributed by atoms with van der Waals surface area (Å²) in [4.78, 5) is 23.2. The van der Waals surface area contributed by atoms with Crippen molar-refractivity contribution in [1.29, 1.82) is 0 Å². The minimum Gasteiger partial charge on any atom is -0.390 e. The Labute approximate surface area is 114 Å². The Bertz CT molecular complexity index is 552. The molecule has 0 unspecified atom stereocenters. The van der Waals surface area contributed by atoms with Crippen molar-refractivity contribution in [1.82, 2.24) is 10.2 Å². The van der Waals surface area contributed by atoms with Gasteiger partial charge in [0.2, 0.25) is 0 Å². The average molecular weight is 283 g/mol. The molecule has 0 aliphatic carbocycles. The van der Waals surface area contributed by atoms with Crippen LogP contribution in [0.2, 0.25) is 0 Å². The molecule has 1 aromatic rings. The second-order valence-corrected chi connectivity index (χ2v) is 4.63. The number of β-amino-alcohol motifs (C(OH)–C–C–N with tert-alkyl or cyclic N) is 1. The van der Waals surface area contributed by atoms with Crippen LogP contribution in [0.3, 0.4) is 0 Å². The molecule has 108 valence electrons. The summed E-state index contributed by atoms with van der Waals surface area (Å²) < 4.78 is 13.8. The molecule has 1 saturated heterocycles. The lowest BCUT2D eigenvalue weighted by Gasteiger charge is -2.26. The first-order valence-corrected chi connectivity index (χ1v) is 6.01. The van der Waals surface area contributed by atoms with Crippen molar-refractivity contribution >= 4 is 11.6 Å². The lowest BCUT2D eigenvalue weighted by Crippen LogP contribution is -2.44. The van der Waals surface area contributed by atoms with E-state index in [1.54, 1.807) is 0 Å². The van der Waals surface area contributed by atoms with Gasteiger partial charge in [0.1, 0.15) is 5.82 Å². The third-order valence-electron chi connectivity index (χ3n) is 3.36. The van der Waals surface area contributed by atoms with E-state index in [-0.39, 0.29) is 5.56 Å². The Morgan fingerprint density at radius 1 is 1.55 bits per heavy atom. The number of carbonyl (C=O) groups excluding carboxylic acids is 1. The first-order valence-electron chi connectivity index (χ1n) is 6.01. The van der Waals surface area contributed by atoms with Crippen LogP contribution in [0.1, 0.15) is 10.4 Å². The number of nitro benzene ring substituents is 1. The number of halogens is 1. The zero-order valence-electron chi connectivity index (χ0n) is 10.7. The molecule has 1 fully saturated rings. The van der Waals surface area contributed by atoms with Crippen LogP contribution in [0.4, 0.5) is 10.1 Å². The van der Waals surface area contributed by atoms with Gasteiger partial charge in [0.05, 0.1) is 28.7 Å². The van der Waals surface area contributed by atoms with E-state index >= 15 is 0 Å². The second kappa shape index (κ2) is 5.51. The minimum absolute atomic E-state index is 0.253. The molecule has 2 atom stereocenters. The lowest BCUT2D eigenvalue weighted by atomic mass is 10.1. The normalized spacial score (nSPS) is 21.8. The molecule has 20 heavy (non-hydrogen) atoms. The van der Waals surface area contributed by atoms with E-state index in [4.69, 9.17) is 0 Å². The zero-order valence-corrected chi connectivity index (χ0v) is 10.7. The fourth-order valence-electron chi connectivity index (χ4n) is 2.18. The molecule has 1 aliphatic rings. The summed E-state index contributed by atoms with van der Waals surface area (Å²) in [5.74, 6) is -1.57. The van der Waals surface area contributed by atoms with Gasteiger partial charge >= 0.3 is 0 Å². The van der Waals surface area contributed by atoms with Gasteiger partial charge in [0.25, 0.3) is 11.6 Å². The fraction of sp³-hybridized carbons (Fsp3) is 0.417. The van der Waals surface area contributed by atoms with Crippen molar-refractivity contribution in [2.75, 3.05) is 20.1 Å². The Morgan fingerprint density at radius 3 is 2.75 bits per heavy atom. The van der Waals surface area contributed by atoms with E-state index < -0.39 is 34.5 Å². The van der Waals surface area contributed by atoms with E-state index in [1.165, 1.54) is 11.9 Å². The van der Waals surface area contributed by atoms with Crippen LogP contribution in [0.5, 0.6) is 0 Å². The third kappa shape index (κ3) is 2.61. The van der Waals surface area contributed by atoms with E-state index in [2.05, 4.69) is 5.32 Å². The molecule has 0 aromatic heterocycles. The van der Waals surface area contributed by atoms with Gasteiger partial charge in [-0.2, -0.15) is 0 Å². The van der Waals surface area contributed by atoms with Gasteiger partial charge in [-0.1, -0.05) is 0 Å². The molecular formula is C12H14FN3O4. The smallest absolute Gasteiger partial charge is 0.272 e. The summed E-state index contributed by atoms with van der Waals surface area (Å²) in [5.41, 5.74) is -0.665. The molecule has 0 bridgehead atoms. The van der Waals surface area contributed by atoms with Gasteiger partial charge in [-0.3, -0.25) is 14.9 Å². The summed E-state index contributed by atoms with van der Waals surface area (Å²) >= 11 is 0. The largest absolute Gasteiger partial charge is 0.390 e. The van der Waals surface area contributed by atoms with E-state index in [0.29, 0.717) is 19.2 Å². The summed E-state index contributed by atoms with van der Waals surface area (Å²) in [6.45, 7) is 0.781. The number of hydrogen-bond acceptors (Lipinski definition) is 5. The summed E-state index contributed by atoms with van der Waals surface area (Å²) in [6.07, 6.45) is -0.718. The molecule has 7 nitrogen and oxygen atoms in total. The maximum Gasteiger partial charge on any atom is 0.272 e. The molecule has 1 aromatic carbocycles. The standard InChI is InChI=1S/C12H14FN3O4/c1-15(10-5-14-6-11(10)17)12(18)8-3-2-7(16(19)20)4-9(8)13/h2-4,10-11,14,17H,5-6H2,1H3/t10-,11-/m1/s1. The van der Waals surface area contributed by atoms with Crippen LogP contribution in [0.15, 0.2) is 18.2 Å². The topological polar surface area (TPSA) is 95.7 Å². The first kappa shape index (κ1) is 14.4. The number of nitro groups is 1. The van der Waals surface area contributed by atoms with Crippen LogP contribution >= 0.6 is 0 Å². The number of benzene rings is 1. The monoisotopic (exact) mass is 283 g/mol. The molecular weight excluding hydrogens is 269 g/mol. The first-order chi connectivity index (χ1) is 9.41. The number of nitrogens with one attached hydrogen (secondary N) is 1. The summed E-state index contributed by atoms with van der Waals surface area (Å²) in [6, 6.07) is 2.43. The number of non-ortho nitro benzene ring substituents is 1. The van der Waals surface area contributed by atoms with Gasteiger partial charge in [-0.25, -0.2) is 4.39 Å². The number of nitrogens with zero attached hydrogens (tertiary/aromatic N) is 2. The van der Waals surface area contributed by atoms with E-state index in [0.717, 1.165) is 12.1 Å². The highest BCUT2D eigenvalue weighted by Crippen LogP contribution is 2.19.